The monoisotopic (exact) mass is 494 g/mol. The number of carbonyl (C=O) groups excluding carboxylic acids is 1. The van der Waals surface area contributed by atoms with Gasteiger partial charge in [0.05, 0.1) is 24.4 Å². The van der Waals surface area contributed by atoms with Crippen molar-refractivity contribution in [3.63, 3.8) is 0 Å². The fourth-order valence-electron chi connectivity index (χ4n) is 5.58. The molecule has 4 heterocycles. The molecule has 194 valence electrons. The van der Waals surface area contributed by atoms with E-state index in [4.69, 9.17) is 9.47 Å². The number of carbonyl (C=O) groups is 1. The van der Waals surface area contributed by atoms with Crippen LogP contribution in [0.4, 0.5) is 11.4 Å². The SMILES string of the molecule is Cn1cc(N2CC3(CCN(c4ccc(OCCCN5CCCCC5)cc4)CC3)OCC2=O)ccc1=O. The summed E-state index contributed by atoms with van der Waals surface area (Å²) in [7, 11) is 1.71. The van der Waals surface area contributed by atoms with E-state index in [9.17, 15) is 9.59 Å². The Morgan fingerprint density at radius 3 is 2.36 bits per heavy atom. The second-order valence-electron chi connectivity index (χ2n) is 10.4. The number of nitrogens with zero attached hydrogens (tertiary/aromatic N) is 4. The van der Waals surface area contributed by atoms with E-state index in [1.54, 1.807) is 24.2 Å². The summed E-state index contributed by atoms with van der Waals surface area (Å²) in [6.45, 7) is 6.67. The van der Waals surface area contributed by atoms with Gasteiger partial charge in [0, 0.05) is 44.6 Å². The predicted molar refractivity (Wildman–Crippen MR) is 141 cm³/mol. The van der Waals surface area contributed by atoms with Crippen LogP contribution in [-0.2, 0) is 16.6 Å². The highest BCUT2D eigenvalue weighted by molar-refractivity contribution is 5.95. The number of rotatable bonds is 7. The third kappa shape index (κ3) is 5.76. The summed E-state index contributed by atoms with van der Waals surface area (Å²) in [6, 6.07) is 11.6. The highest BCUT2D eigenvalue weighted by Crippen LogP contribution is 2.34. The summed E-state index contributed by atoms with van der Waals surface area (Å²) in [5.41, 5.74) is 1.50. The van der Waals surface area contributed by atoms with Crippen LogP contribution in [0, 0.1) is 0 Å². The van der Waals surface area contributed by atoms with E-state index in [0.29, 0.717) is 6.54 Å². The molecule has 3 aliphatic heterocycles. The minimum atomic E-state index is -0.351. The quantitative estimate of drug-likeness (QED) is 0.552. The average molecular weight is 495 g/mol. The number of hydrogen-bond donors (Lipinski definition) is 0. The van der Waals surface area contributed by atoms with Gasteiger partial charge in [0.15, 0.2) is 0 Å². The molecule has 0 unspecified atom stereocenters. The molecule has 1 aromatic heterocycles. The predicted octanol–water partition coefficient (Wildman–Crippen LogP) is 3.04. The molecule has 3 fully saturated rings. The highest BCUT2D eigenvalue weighted by atomic mass is 16.5. The first-order valence-electron chi connectivity index (χ1n) is 13.3. The standard InChI is InChI=1S/C28H38N4O4/c1-29-20-24(8-11-26(29)33)32-22-28(36-21-27(32)34)12-17-31(18-13-28)23-6-9-25(10-7-23)35-19-5-16-30-14-3-2-4-15-30/h6-11,20H,2-5,12-19,21-22H2,1H3. The fraction of sp³-hybridized carbons (Fsp3) is 0.571. The van der Waals surface area contributed by atoms with Gasteiger partial charge in [0.2, 0.25) is 5.56 Å². The van der Waals surface area contributed by atoms with Crippen LogP contribution in [0.15, 0.2) is 47.4 Å². The fourth-order valence-corrected chi connectivity index (χ4v) is 5.58. The first-order chi connectivity index (χ1) is 17.5. The summed E-state index contributed by atoms with van der Waals surface area (Å²) in [6.07, 6.45) is 8.52. The summed E-state index contributed by atoms with van der Waals surface area (Å²) in [5, 5.41) is 0. The molecule has 1 spiro atoms. The third-order valence-electron chi connectivity index (χ3n) is 7.84. The van der Waals surface area contributed by atoms with Crippen molar-refractivity contribution in [1.82, 2.24) is 9.47 Å². The molecular formula is C28H38N4O4. The molecule has 0 N–H and O–H groups in total. The number of hydrogen-bond acceptors (Lipinski definition) is 6. The molecule has 0 radical (unpaired) electrons. The van der Waals surface area contributed by atoms with Crippen LogP contribution in [0.3, 0.4) is 0 Å². The molecular weight excluding hydrogens is 456 g/mol. The van der Waals surface area contributed by atoms with Gasteiger partial charge in [0.1, 0.15) is 12.4 Å². The number of ether oxygens (including phenoxy) is 2. The van der Waals surface area contributed by atoms with Gasteiger partial charge >= 0.3 is 0 Å². The molecule has 1 amide bonds. The number of amides is 1. The molecule has 0 aliphatic carbocycles. The van der Waals surface area contributed by atoms with Crippen molar-refractivity contribution in [2.45, 2.75) is 44.1 Å². The van der Waals surface area contributed by atoms with E-state index in [0.717, 1.165) is 56.9 Å². The largest absolute Gasteiger partial charge is 0.494 e. The molecule has 1 aromatic carbocycles. The van der Waals surface area contributed by atoms with E-state index in [-0.39, 0.29) is 23.7 Å². The van der Waals surface area contributed by atoms with Crippen molar-refractivity contribution in [3.05, 3.63) is 52.9 Å². The molecule has 36 heavy (non-hydrogen) atoms. The lowest BCUT2D eigenvalue weighted by Gasteiger charge is -2.47. The number of morpholine rings is 1. The van der Waals surface area contributed by atoms with Gasteiger partial charge in [-0.15, -0.1) is 0 Å². The molecule has 0 bridgehead atoms. The zero-order valence-electron chi connectivity index (χ0n) is 21.4. The Bertz CT molecular complexity index is 1090. The van der Waals surface area contributed by atoms with Crippen LogP contribution < -0.4 is 20.1 Å². The van der Waals surface area contributed by atoms with Crippen molar-refractivity contribution in [3.8, 4) is 5.75 Å². The molecule has 0 saturated carbocycles. The Labute approximate surface area is 213 Å². The molecule has 3 saturated heterocycles. The van der Waals surface area contributed by atoms with Gasteiger partial charge in [-0.25, -0.2) is 0 Å². The highest BCUT2D eigenvalue weighted by Gasteiger charge is 2.42. The number of likely N-dealkylation sites (tertiary alicyclic amines) is 1. The van der Waals surface area contributed by atoms with Crippen LogP contribution in [0.1, 0.15) is 38.5 Å². The van der Waals surface area contributed by atoms with Crippen molar-refractivity contribution in [2.75, 3.05) is 62.3 Å². The van der Waals surface area contributed by atoms with Crippen LogP contribution >= 0.6 is 0 Å². The summed E-state index contributed by atoms with van der Waals surface area (Å²) >= 11 is 0. The van der Waals surface area contributed by atoms with Crippen molar-refractivity contribution in [2.24, 2.45) is 7.05 Å². The summed E-state index contributed by atoms with van der Waals surface area (Å²) < 4.78 is 13.6. The lowest BCUT2D eigenvalue weighted by Crippen LogP contribution is -2.59. The number of aryl methyl sites for hydroxylation is 1. The number of piperidine rings is 2. The van der Waals surface area contributed by atoms with Gasteiger partial charge in [0.25, 0.3) is 5.91 Å². The van der Waals surface area contributed by atoms with Crippen LogP contribution in [0.5, 0.6) is 5.75 Å². The Hall–Kier alpha value is -2.84. The van der Waals surface area contributed by atoms with Crippen molar-refractivity contribution >= 4 is 17.3 Å². The Balaban J connectivity index is 1.11. The first-order valence-corrected chi connectivity index (χ1v) is 13.3. The van der Waals surface area contributed by atoms with Gasteiger partial charge in [-0.05, 0) is 75.5 Å². The number of benzene rings is 1. The third-order valence-corrected chi connectivity index (χ3v) is 7.84. The van der Waals surface area contributed by atoms with E-state index < -0.39 is 0 Å². The number of pyridine rings is 1. The minimum absolute atomic E-state index is 0.0618. The number of aromatic nitrogens is 1. The maximum absolute atomic E-state index is 12.6. The average Bonchev–Trinajstić information content (AvgIpc) is 2.91. The van der Waals surface area contributed by atoms with E-state index in [2.05, 4.69) is 34.1 Å². The molecule has 0 atom stereocenters. The maximum Gasteiger partial charge on any atom is 0.253 e. The van der Waals surface area contributed by atoms with Gasteiger partial charge < -0.3 is 28.7 Å². The van der Waals surface area contributed by atoms with Crippen LogP contribution in [0.2, 0.25) is 0 Å². The minimum Gasteiger partial charge on any atom is -0.494 e. The lowest BCUT2D eigenvalue weighted by molar-refractivity contribution is -0.141. The second-order valence-corrected chi connectivity index (χ2v) is 10.4. The Morgan fingerprint density at radius 1 is 0.917 bits per heavy atom. The lowest BCUT2D eigenvalue weighted by atomic mass is 9.88. The molecule has 8 heteroatoms. The van der Waals surface area contributed by atoms with Gasteiger partial charge in [-0.2, -0.15) is 0 Å². The molecule has 8 nitrogen and oxygen atoms in total. The molecule has 2 aromatic rings. The first kappa shape index (κ1) is 24.8. The molecule has 5 rings (SSSR count). The second kappa shape index (κ2) is 11.0. The Kier molecular flexibility index (Phi) is 7.62. The number of anilines is 2. The summed E-state index contributed by atoms with van der Waals surface area (Å²) in [4.78, 5) is 31.1. The summed E-state index contributed by atoms with van der Waals surface area (Å²) in [5.74, 6) is 0.862. The van der Waals surface area contributed by atoms with Gasteiger partial charge in [-0.1, -0.05) is 6.42 Å². The smallest absolute Gasteiger partial charge is 0.253 e. The zero-order valence-corrected chi connectivity index (χ0v) is 21.4. The Morgan fingerprint density at radius 2 is 1.64 bits per heavy atom. The van der Waals surface area contributed by atoms with Crippen molar-refractivity contribution < 1.29 is 14.3 Å². The van der Waals surface area contributed by atoms with Crippen molar-refractivity contribution in [1.29, 1.82) is 0 Å². The maximum atomic E-state index is 12.6. The van der Waals surface area contributed by atoms with Crippen LogP contribution in [0.25, 0.3) is 0 Å². The zero-order chi connectivity index (χ0) is 25.0. The molecule has 3 aliphatic rings. The normalized spacial score (nSPS) is 20.6. The van der Waals surface area contributed by atoms with E-state index in [1.165, 1.54) is 48.7 Å². The van der Waals surface area contributed by atoms with E-state index >= 15 is 0 Å². The topological polar surface area (TPSA) is 67.2 Å². The van der Waals surface area contributed by atoms with Crippen LogP contribution in [-0.4, -0.2) is 73.5 Å². The van der Waals surface area contributed by atoms with Gasteiger partial charge in [-0.3, -0.25) is 9.59 Å². The van der Waals surface area contributed by atoms with E-state index in [1.807, 2.05) is 0 Å².